The van der Waals surface area contributed by atoms with E-state index in [0.717, 1.165) is 13.0 Å². The molecule has 1 aliphatic rings. The van der Waals surface area contributed by atoms with Crippen LogP contribution in [0.1, 0.15) is 25.3 Å². The van der Waals surface area contributed by atoms with Gasteiger partial charge in [0.15, 0.2) is 5.82 Å². The van der Waals surface area contributed by atoms with Crippen LogP contribution in [0.2, 0.25) is 0 Å². The number of amides is 1. The quantitative estimate of drug-likeness (QED) is 0.817. The number of likely N-dealkylation sites (tertiary alicyclic amines) is 1. The van der Waals surface area contributed by atoms with Gasteiger partial charge in [0.25, 0.3) is 0 Å². The SMILES string of the molecule is CCC1CC(=O)N(Cc2cccc(N)c2F)C1. The molecule has 1 aliphatic heterocycles. The van der Waals surface area contributed by atoms with Crippen LogP contribution in [-0.2, 0) is 11.3 Å². The molecule has 3 nitrogen and oxygen atoms in total. The minimum Gasteiger partial charge on any atom is -0.396 e. The highest BCUT2D eigenvalue weighted by Gasteiger charge is 2.28. The largest absolute Gasteiger partial charge is 0.396 e. The zero-order chi connectivity index (χ0) is 12.4. The van der Waals surface area contributed by atoms with E-state index < -0.39 is 5.82 Å². The van der Waals surface area contributed by atoms with Crippen LogP contribution in [0.3, 0.4) is 0 Å². The number of rotatable bonds is 3. The van der Waals surface area contributed by atoms with Crippen LogP contribution in [0.25, 0.3) is 0 Å². The molecule has 92 valence electrons. The van der Waals surface area contributed by atoms with E-state index in [1.807, 2.05) is 0 Å². The second-order valence-electron chi connectivity index (χ2n) is 4.57. The van der Waals surface area contributed by atoms with E-state index in [1.54, 1.807) is 17.0 Å². The van der Waals surface area contributed by atoms with Gasteiger partial charge in [-0.3, -0.25) is 4.79 Å². The molecule has 0 bridgehead atoms. The van der Waals surface area contributed by atoms with Gasteiger partial charge in [0.1, 0.15) is 0 Å². The van der Waals surface area contributed by atoms with E-state index >= 15 is 0 Å². The maximum atomic E-state index is 13.7. The summed E-state index contributed by atoms with van der Waals surface area (Å²) >= 11 is 0. The van der Waals surface area contributed by atoms with E-state index in [-0.39, 0.29) is 11.6 Å². The summed E-state index contributed by atoms with van der Waals surface area (Å²) in [5.74, 6) is 0.116. The van der Waals surface area contributed by atoms with E-state index in [2.05, 4.69) is 6.92 Å². The van der Waals surface area contributed by atoms with Gasteiger partial charge in [-0.2, -0.15) is 0 Å². The molecule has 1 heterocycles. The van der Waals surface area contributed by atoms with Crippen LogP contribution < -0.4 is 5.73 Å². The molecule has 0 radical (unpaired) electrons. The van der Waals surface area contributed by atoms with Gasteiger partial charge >= 0.3 is 0 Å². The van der Waals surface area contributed by atoms with Gasteiger partial charge in [-0.05, 0) is 12.0 Å². The summed E-state index contributed by atoms with van der Waals surface area (Å²) in [5.41, 5.74) is 6.14. The number of nitrogen functional groups attached to an aromatic ring is 1. The molecule has 0 saturated carbocycles. The van der Waals surface area contributed by atoms with Crippen molar-refractivity contribution in [1.29, 1.82) is 0 Å². The smallest absolute Gasteiger partial charge is 0.223 e. The molecule has 0 aromatic heterocycles. The van der Waals surface area contributed by atoms with E-state index in [1.165, 1.54) is 6.07 Å². The molecule has 1 atom stereocenters. The van der Waals surface area contributed by atoms with Gasteiger partial charge in [0, 0.05) is 25.1 Å². The van der Waals surface area contributed by atoms with Crippen molar-refractivity contribution in [3.05, 3.63) is 29.6 Å². The molecule has 17 heavy (non-hydrogen) atoms. The van der Waals surface area contributed by atoms with Gasteiger partial charge in [-0.15, -0.1) is 0 Å². The van der Waals surface area contributed by atoms with Gasteiger partial charge in [0.05, 0.1) is 5.69 Å². The molecule has 0 spiro atoms. The minimum atomic E-state index is -0.403. The van der Waals surface area contributed by atoms with E-state index in [4.69, 9.17) is 5.73 Å². The molecule has 1 fully saturated rings. The molecule has 2 N–H and O–H groups in total. The lowest BCUT2D eigenvalue weighted by Crippen LogP contribution is -2.25. The third kappa shape index (κ3) is 2.40. The zero-order valence-corrected chi connectivity index (χ0v) is 9.95. The highest BCUT2D eigenvalue weighted by atomic mass is 19.1. The summed E-state index contributed by atoms with van der Waals surface area (Å²) in [6.07, 6.45) is 1.57. The lowest BCUT2D eigenvalue weighted by atomic mass is 10.1. The maximum Gasteiger partial charge on any atom is 0.223 e. The number of hydrogen-bond acceptors (Lipinski definition) is 2. The van der Waals surface area contributed by atoms with Crippen molar-refractivity contribution in [2.45, 2.75) is 26.3 Å². The number of nitrogens with zero attached hydrogens (tertiary/aromatic N) is 1. The van der Waals surface area contributed by atoms with Crippen LogP contribution in [0.15, 0.2) is 18.2 Å². The average Bonchev–Trinajstić information content (AvgIpc) is 2.66. The Morgan fingerprint density at radius 3 is 2.94 bits per heavy atom. The van der Waals surface area contributed by atoms with Crippen molar-refractivity contribution in [1.82, 2.24) is 4.90 Å². The van der Waals surface area contributed by atoms with Crippen LogP contribution in [0, 0.1) is 11.7 Å². The van der Waals surface area contributed by atoms with Gasteiger partial charge in [0.2, 0.25) is 5.91 Å². The Morgan fingerprint density at radius 1 is 1.53 bits per heavy atom. The van der Waals surface area contributed by atoms with E-state index in [9.17, 15) is 9.18 Å². The van der Waals surface area contributed by atoms with E-state index in [0.29, 0.717) is 24.4 Å². The molecule has 2 rings (SSSR count). The van der Waals surface area contributed by atoms with Crippen molar-refractivity contribution >= 4 is 11.6 Å². The summed E-state index contributed by atoms with van der Waals surface area (Å²) in [6.45, 7) is 3.12. The van der Waals surface area contributed by atoms with Crippen LogP contribution in [0.4, 0.5) is 10.1 Å². The Bertz CT molecular complexity index is 433. The highest BCUT2D eigenvalue weighted by molar-refractivity contribution is 5.78. The van der Waals surface area contributed by atoms with Gasteiger partial charge < -0.3 is 10.6 Å². The Balaban J connectivity index is 2.11. The first kappa shape index (κ1) is 11.9. The van der Waals surface area contributed by atoms with Gasteiger partial charge in [-0.1, -0.05) is 25.5 Å². The second-order valence-corrected chi connectivity index (χ2v) is 4.57. The first-order valence-corrected chi connectivity index (χ1v) is 5.92. The topological polar surface area (TPSA) is 46.3 Å². The number of anilines is 1. The van der Waals surface area contributed by atoms with Crippen molar-refractivity contribution in [3.63, 3.8) is 0 Å². The Labute approximate surface area is 100 Å². The lowest BCUT2D eigenvalue weighted by Gasteiger charge is -2.17. The summed E-state index contributed by atoms with van der Waals surface area (Å²) in [4.78, 5) is 13.4. The number of carbonyl (C=O) groups excluding carboxylic acids is 1. The average molecular weight is 236 g/mol. The fraction of sp³-hybridized carbons (Fsp3) is 0.462. The second kappa shape index (κ2) is 4.73. The standard InChI is InChI=1S/C13H17FN2O/c1-2-9-6-12(17)16(7-9)8-10-4-3-5-11(15)13(10)14/h3-5,9H,2,6-8,15H2,1H3. The summed E-state index contributed by atoms with van der Waals surface area (Å²) in [7, 11) is 0. The monoisotopic (exact) mass is 236 g/mol. The zero-order valence-electron chi connectivity index (χ0n) is 9.95. The summed E-state index contributed by atoms with van der Waals surface area (Å²) in [5, 5.41) is 0. The molecular weight excluding hydrogens is 219 g/mol. The third-order valence-electron chi connectivity index (χ3n) is 3.34. The molecule has 1 amide bonds. The number of benzene rings is 1. The number of nitrogens with two attached hydrogens (primary N) is 1. The van der Waals surface area contributed by atoms with Crippen LogP contribution in [-0.4, -0.2) is 17.4 Å². The van der Waals surface area contributed by atoms with Crippen molar-refractivity contribution in [2.24, 2.45) is 5.92 Å². The number of halogens is 1. The minimum absolute atomic E-state index is 0.110. The fourth-order valence-electron chi connectivity index (χ4n) is 2.21. The molecule has 1 saturated heterocycles. The first-order valence-electron chi connectivity index (χ1n) is 5.92. The lowest BCUT2D eigenvalue weighted by molar-refractivity contribution is -0.128. The molecule has 1 aromatic rings. The summed E-state index contributed by atoms with van der Waals surface area (Å²) < 4.78 is 13.7. The van der Waals surface area contributed by atoms with Gasteiger partial charge in [-0.25, -0.2) is 4.39 Å². The molecule has 1 aromatic carbocycles. The Kier molecular flexibility index (Phi) is 3.31. The molecular formula is C13H17FN2O. The number of carbonyl (C=O) groups is 1. The van der Waals surface area contributed by atoms with Crippen LogP contribution in [0.5, 0.6) is 0 Å². The Morgan fingerprint density at radius 2 is 2.29 bits per heavy atom. The fourth-order valence-corrected chi connectivity index (χ4v) is 2.21. The highest BCUT2D eigenvalue weighted by Crippen LogP contribution is 2.24. The molecule has 4 heteroatoms. The van der Waals surface area contributed by atoms with Crippen molar-refractivity contribution in [2.75, 3.05) is 12.3 Å². The predicted molar refractivity (Wildman–Crippen MR) is 64.6 cm³/mol. The van der Waals surface area contributed by atoms with Crippen molar-refractivity contribution < 1.29 is 9.18 Å². The maximum absolute atomic E-state index is 13.7. The van der Waals surface area contributed by atoms with Crippen molar-refractivity contribution in [3.8, 4) is 0 Å². The predicted octanol–water partition coefficient (Wildman–Crippen LogP) is 2.17. The molecule has 1 unspecified atom stereocenters. The first-order chi connectivity index (χ1) is 8.11. The summed E-state index contributed by atoms with van der Waals surface area (Å²) in [6, 6.07) is 4.92. The normalized spacial score (nSPS) is 20.0. The third-order valence-corrected chi connectivity index (χ3v) is 3.34. The number of hydrogen-bond donors (Lipinski definition) is 1. The molecule has 0 aliphatic carbocycles. The van der Waals surface area contributed by atoms with Crippen LogP contribution >= 0.6 is 0 Å². The Hall–Kier alpha value is -1.58.